The van der Waals surface area contributed by atoms with Crippen LogP contribution in [-0.4, -0.2) is 0 Å². The zero-order valence-electron chi connectivity index (χ0n) is 8.23. The van der Waals surface area contributed by atoms with Crippen LogP contribution in [-0.2, 0) is 0 Å². The van der Waals surface area contributed by atoms with Crippen molar-refractivity contribution in [2.75, 3.05) is 0 Å². The van der Waals surface area contributed by atoms with Crippen molar-refractivity contribution in [2.24, 2.45) is 0 Å². The van der Waals surface area contributed by atoms with Crippen LogP contribution in [0.15, 0.2) is 23.8 Å². The van der Waals surface area contributed by atoms with Gasteiger partial charge in [0.1, 0.15) is 0 Å². The zero-order chi connectivity index (χ0) is 8.81. The highest BCUT2D eigenvalue weighted by atomic mass is 14.0. The van der Waals surface area contributed by atoms with Crippen LogP contribution in [0.5, 0.6) is 0 Å². The van der Waals surface area contributed by atoms with E-state index in [9.17, 15) is 0 Å². The van der Waals surface area contributed by atoms with Gasteiger partial charge in [-0.25, -0.2) is 0 Å². The van der Waals surface area contributed by atoms with Crippen LogP contribution in [0.1, 0.15) is 51.9 Å². The normalized spacial score (nSPS) is 26.1. The van der Waals surface area contributed by atoms with Gasteiger partial charge in [-0.1, -0.05) is 43.1 Å². The van der Waals surface area contributed by atoms with Gasteiger partial charge >= 0.3 is 0 Å². The summed E-state index contributed by atoms with van der Waals surface area (Å²) in [5, 5.41) is 0. The van der Waals surface area contributed by atoms with Crippen molar-refractivity contribution in [1.29, 1.82) is 0 Å². The summed E-state index contributed by atoms with van der Waals surface area (Å²) in [5.74, 6) is 0. The molecule has 0 bridgehead atoms. The fourth-order valence-corrected chi connectivity index (χ4v) is 1.78. The minimum atomic E-state index is 1.21. The molecule has 1 rings (SSSR count). The van der Waals surface area contributed by atoms with Gasteiger partial charge in [-0.15, -0.1) is 0 Å². The van der Waals surface area contributed by atoms with Gasteiger partial charge in [0.05, 0.1) is 0 Å². The van der Waals surface area contributed by atoms with E-state index in [1.807, 2.05) is 0 Å². The molecule has 0 aliphatic heterocycles. The van der Waals surface area contributed by atoms with E-state index in [0.717, 1.165) is 0 Å². The fraction of sp³-hybridized carbons (Fsp3) is 0.667. The van der Waals surface area contributed by atoms with E-state index in [1.54, 1.807) is 0 Å². The molecule has 0 aromatic carbocycles. The molecule has 12 heavy (non-hydrogen) atoms. The quantitative estimate of drug-likeness (QED) is 0.502. The smallest absolute Gasteiger partial charge is 0.0285 e. The summed E-state index contributed by atoms with van der Waals surface area (Å²) in [7, 11) is 0. The summed E-state index contributed by atoms with van der Waals surface area (Å²) in [6.07, 6.45) is 11.7. The number of rotatable bonds is 0. The largest absolute Gasteiger partial charge is 0.0958 e. The van der Waals surface area contributed by atoms with E-state index in [1.165, 1.54) is 56.1 Å². The van der Waals surface area contributed by atoms with Gasteiger partial charge in [0.2, 0.25) is 0 Å². The Balaban J connectivity index is 2.46. The summed E-state index contributed by atoms with van der Waals surface area (Å²) >= 11 is 0. The van der Waals surface area contributed by atoms with Crippen LogP contribution < -0.4 is 0 Å². The van der Waals surface area contributed by atoms with Gasteiger partial charge < -0.3 is 0 Å². The van der Waals surface area contributed by atoms with E-state index in [4.69, 9.17) is 0 Å². The Morgan fingerprint density at radius 3 is 2.33 bits per heavy atom. The number of hydrogen-bond donors (Lipinski definition) is 0. The number of hydrogen-bond acceptors (Lipinski definition) is 0. The third kappa shape index (κ3) is 3.75. The van der Waals surface area contributed by atoms with Crippen LogP contribution in [0.2, 0.25) is 0 Å². The molecule has 0 atom stereocenters. The first-order valence-corrected chi connectivity index (χ1v) is 5.14. The van der Waals surface area contributed by atoms with E-state index in [0.29, 0.717) is 0 Å². The van der Waals surface area contributed by atoms with Crippen molar-refractivity contribution in [3.63, 3.8) is 0 Å². The molecule has 0 nitrogen and oxygen atoms in total. The highest BCUT2D eigenvalue weighted by molar-refractivity contribution is 5.19. The summed E-state index contributed by atoms with van der Waals surface area (Å²) < 4.78 is 0. The first-order valence-electron chi connectivity index (χ1n) is 5.14. The summed E-state index contributed by atoms with van der Waals surface area (Å²) in [6, 6.07) is 0. The topological polar surface area (TPSA) is 0 Å². The number of allylic oxidation sites excluding steroid dienone is 3. The van der Waals surface area contributed by atoms with Gasteiger partial charge in [-0.2, -0.15) is 0 Å². The van der Waals surface area contributed by atoms with Crippen molar-refractivity contribution in [3.05, 3.63) is 23.8 Å². The molecule has 1 aliphatic carbocycles. The van der Waals surface area contributed by atoms with Crippen LogP contribution in [0, 0.1) is 0 Å². The molecular weight excluding hydrogens is 144 g/mol. The maximum Gasteiger partial charge on any atom is -0.0285 e. The molecule has 0 N–H and O–H groups in total. The van der Waals surface area contributed by atoms with Crippen molar-refractivity contribution in [3.8, 4) is 0 Å². The molecule has 0 spiro atoms. The molecule has 0 heterocycles. The average molecular weight is 164 g/mol. The van der Waals surface area contributed by atoms with Crippen LogP contribution in [0.25, 0.3) is 0 Å². The van der Waals surface area contributed by atoms with E-state index in [-0.39, 0.29) is 0 Å². The highest BCUT2D eigenvalue weighted by Crippen LogP contribution is 2.18. The van der Waals surface area contributed by atoms with Gasteiger partial charge in [0, 0.05) is 0 Å². The summed E-state index contributed by atoms with van der Waals surface area (Å²) in [4.78, 5) is 0. The Labute approximate surface area is 76.4 Å². The monoisotopic (exact) mass is 164 g/mol. The molecule has 0 aromatic rings. The second kappa shape index (κ2) is 5.18. The Kier molecular flexibility index (Phi) is 4.13. The maximum absolute atomic E-state index is 4.06. The van der Waals surface area contributed by atoms with Crippen molar-refractivity contribution < 1.29 is 0 Å². The van der Waals surface area contributed by atoms with Gasteiger partial charge in [-0.05, 0) is 32.6 Å². The van der Waals surface area contributed by atoms with Crippen LogP contribution in [0.3, 0.4) is 0 Å². The van der Waals surface area contributed by atoms with E-state index < -0.39 is 0 Å². The second-order valence-electron chi connectivity index (χ2n) is 3.92. The zero-order valence-corrected chi connectivity index (χ0v) is 8.23. The minimum Gasteiger partial charge on any atom is -0.0958 e. The highest BCUT2D eigenvalue weighted by Gasteiger charge is 1.98. The lowest BCUT2D eigenvalue weighted by molar-refractivity contribution is 0.607. The SMILES string of the molecule is C=C1/C=C(/C)CCCCCCC1. The second-order valence-corrected chi connectivity index (χ2v) is 3.92. The molecule has 0 amide bonds. The summed E-state index contributed by atoms with van der Waals surface area (Å²) in [6.45, 7) is 6.29. The minimum absolute atomic E-state index is 1.21. The lowest BCUT2D eigenvalue weighted by Gasteiger charge is -2.07. The first-order chi connectivity index (χ1) is 5.79. The molecule has 0 fully saturated rings. The molecule has 0 saturated heterocycles. The molecular formula is C12H20. The van der Waals surface area contributed by atoms with Gasteiger partial charge in [0.15, 0.2) is 0 Å². The van der Waals surface area contributed by atoms with Crippen LogP contribution in [0.4, 0.5) is 0 Å². The lowest BCUT2D eigenvalue weighted by Crippen LogP contribution is -1.87. The maximum atomic E-state index is 4.06. The molecule has 0 aromatic heterocycles. The van der Waals surface area contributed by atoms with Crippen molar-refractivity contribution >= 4 is 0 Å². The predicted molar refractivity (Wildman–Crippen MR) is 55.2 cm³/mol. The van der Waals surface area contributed by atoms with E-state index >= 15 is 0 Å². The first kappa shape index (κ1) is 9.57. The standard InChI is InChI=1S/C12H20/c1-11-8-6-4-3-5-7-9-12(2)10-11/h10H,1,3-9H2,2H3/b12-10-. The molecule has 0 unspecified atom stereocenters. The van der Waals surface area contributed by atoms with Gasteiger partial charge in [0.25, 0.3) is 0 Å². The van der Waals surface area contributed by atoms with Crippen molar-refractivity contribution in [1.82, 2.24) is 0 Å². The predicted octanol–water partition coefficient (Wildman–Crippen LogP) is 4.23. The third-order valence-electron chi connectivity index (χ3n) is 2.52. The molecule has 0 heteroatoms. The summed E-state index contributed by atoms with van der Waals surface area (Å²) in [5.41, 5.74) is 2.84. The average Bonchev–Trinajstić information content (AvgIpc) is 2.02. The van der Waals surface area contributed by atoms with Gasteiger partial charge in [-0.3, -0.25) is 0 Å². The Bertz CT molecular complexity index is 174. The Morgan fingerprint density at radius 2 is 1.58 bits per heavy atom. The Morgan fingerprint density at radius 1 is 1.00 bits per heavy atom. The Hall–Kier alpha value is -0.520. The molecule has 0 radical (unpaired) electrons. The fourth-order valence-electron chi connectivity index (χ4n) is 1.78. The molecule has 0 saturated carbocycles. The molecule has 68 valence electrons. The van der Waals surface area contributed by atoms with Crippen molar-refractivity contribution in [2.45, 2.75) is 51.9 Å². The molecule has 1 aliphatic rings. The van der Waals surface area contributed by atoms with Crippen LogP contribution >= 0.6 is 0 Å². The third-order valence-corrected chi connectivity index (χ3v) is 2.52. The lowest BCUT2D eigenvalue weighted by atomic mass is 9.99. The van der Waals surface area contributed by atoms with E-state index in [2.05, 4.69) is 19.6 Å².